The van der Waals surface area contributed by atoms with Crippen LogP contribution in [0.1, 0.15) is 5.56 Å². The molecule has 2 rings (SSSR count). The molecule has 2 aromatic rings. The third kappa shape index (κ3) is 4.53. The number of carbonyl (C=O) groups excluding carboxylic acids is 1. The van der Waals surface area contributed by atoms with Crippen LogP contribution in [0.4, 0.5) is 14.9 Å². The minimum Gasteiger partial charge on any atom is -0.493 e. The quantitative estimate of drug-likeness (QED) is 0.868. The lowest BCUT2D eigenvalue weighted by Crippen LogP contribution is -2.30. The van der Waals surface area contributed by atoms with E-state index >= 15 is 0 Å². The van der Waals surface area contributed by atoms with Crippen LogP contribution in [0.5, 0.6) is 17.2 Å². The molecule has 2 aromatic carbocycles. The zero-order chi connectivity index (χ0) is 18.4. The van der Waals surface area contributed by atoms with Gasteiger partial charge in [-0.2, -0.15) is 0 Å². The van der Waals surface area contributed by atoms with Crippen molar-refractivity contribution in [1.29, 1.82) is 0 Å². The van der Waals surface area contributed by atoms with E-state index in [0.717, 1.165) is 0 Å². The molecule has 0 aliphatic heterocycles. The maximum absolute atomic E-state index is 13.2. The van der Waals surface area contributed by atoms with E-state index in [1.54, 1.807) is 31.3 Å². The normalized spacial score (nSPS) is 10.1. The second kappa shape index (κ2) is 8.23. The van der Waals surface area contributed by atoms with E-state index in [-0.39, 0.29) is 18.4 Å². The van der Waals surface area contributed by atoms with Crippen molar-refractivity contribution in [3.63, 3.8) is 0 Å². The van der Waals surface area contributed by atoms with Gasteiger partial charge in [0.2, 0.25) is 5.75 Å². The molecule has 134 valence electrons. The predicted octanol–water partition coefficient (Wildman–Crippen LogP) is 3.52. The van der Waals surface area contributed by atoms with E-state index in [1.807, 2.05) is 0 Å². The van der Waals surface area contributed by atoms with Crippen molar-refractivity contribution in [2.45, 2.75) is 6.54 Å². The number of urea groups is 1. The summed E-state index contributed by atoms with van der Waals surface area (Å²) in [7, 11) is 6.13. The minimum atomic E-state index is -0.349. The van der Waals surface area contributed by atoms with Crippen LogP contribution in [-0.2, 0) is 6.54 Å². The summed E-state index contributed by atoms with van der Waals surface area (Å²) in [5.74, 6) is 0.974. The first-order valence-corrected chi connectivity index (χ1v) is 7.55. The molecule has 6 nitrogen and oxygen atoms in total. The molecule has 0 radical (unpaired) electrons. The predicted molar refractivity (Wildman–Crippen MR) is 93.0 cm³/mol. The highest BCUT2D eigenvalue weighted by Crippen LogP contribution is 2.39. The third-order valence-electron chi connectivity index (χ3n) is 3.57. The van der Waals surface area contributed by atoms with Crippen molar-refractivity contribution in [3.8, 4) is 17.2 Å². The van der Waals surface area contributed by atoms with Gasteiger partial charge in [-0.25, -0.2) is 9.18 Å². The zero-order valence-corrected chi connectivity index (χ0v) is 14.6. The molecule has 0 saturated heterocycles. The second-order valence-electron chi connectivity index (χ2n) is 5.33. The summed E-state index contributed by atoms with van der Waals surface area (Å²) in [4.78, 5) is 13.8. The maximum Gasteiger partial charge on any atom is 0.321 e. The summed E-state index contributed by atoms with van der Waals surface area (Å²) >= 11 is 0. The fraction of sp³-hybridized carbons (Fsp3) is 0.278. The van der Waals surface area contributed by atoms with Gasteiger partial charge in [-0.3, -0.25) is 0 Å². The van der Waals surface area contributed by atoms with Crippen LogP contribution in [-0.4, -0.2) is 39.3 Å². The average molecular weight is 348 g/mol. The molecule has 0 aliphatic carbocycles. The number of methoxy groups -OCH3 is 3. The molecule has 0 unspecified atom stereocenters. The highest BCUT2D eigenvalue weighted by atomic mass is 19.1. The van der Waals surface area contributed by atoms with Gasteiger partial charge in [-0.1, -0.05) is 12.1 Å². The molecule has 7 heteroatoms. The zero-order valence-electron chi connectivity index (χ0n) is 14.6. The lowest BCUT2D eigenvalue weighted by molar-refractivity contribution is 0.220. The van der Waals surface area contributed by atoms with Gasteiger partial charge >= 0.3 is 6.03 Å². The van der Waals surface area contributed by atoms with Crippen LogP contribution in [0.15, 0.2) is 36.4 Å². The molecule has 25 heavy (non-hydrogen) atoms. The van der Waals surface area contributed by atoms with E-state index in [4.69, 9.17) is 14.2 Å². The van der Waals surface area contributed by atoms with Gasteiger partial charge in [0.1, 0.15) is 5.82 Å². The number of halogens is 1. The fourth-order valence-corrected chi connectivity index (χ4v) is 2.35. The lowest BCUT2D eigenvalue weighted by Gasteiger charge is -2.19. The molecular formula is C18H21FN2O4. The fourth-order valence-electron chi connectivity index (χ4n) is 2.35. The van der Waals surface area contributed by atoms with Gasteiger partial charge in [-0.15, -0.1) is 0 Å². The Labute approximate surface area is 146 Å². The first kappa shape index (κ1) is 18.4. The van der Waals surface area contributed by atoms with Crippen molar-refractivity contribution in [2.24, 2.45) is 0 Å². The number of hydrogen-bond acceptors (Lipinski definition) is 4. The van der Waals surface area contributed by atoms with Crippen molar-refractivity contribution < 1.29 is 23.4 Å². The molecule has 0 bridgehead atoms. The Morgan fingerprint density at radius 1 is 1.08 bits per heavy atom. The highest BCUT2D eigenvalue weighted by Gasteiger charge is 2.16. The Bertz CT molecular complexity index is 727. The number of amides is 2. The van der Waals surface area contributed by atoms with Crippen molar-refractivity contribution in [1.82, 2.24) is 4.90 Å². The average Bonchev–Trinajstić information content (AvgIpc) is 2.60. The number of benzene rings is 2. The Morgan fingerprint density at radius 3 is 2.24 bits per heavy atom. The minimum absolute atomic E-state index is 0.272. The number of anilines is 1. The molecule has 0 saturated carbocycles. The first-order valence-electron chi connectivity index (χ1n) is 7.55. The topological polar surface area (TPSA) is 60.0 Å². The van der Waals surface area contributed by atoms with E-state index in [1.165, 1.54) is 38.4 Å². The summed E-state index contributed by atoms with van der Waals surface area (Å²) in [5, 5.41) is 2.75. The summed E-state index contributed by atoms with van der Waals surface area (Å²) in [6.07, 6.45) is 0. The van der Waals surface area contributed by atoms with Crippen LogP contribution in [0.25, 0.3) is 0 Å². The number of hydrogen-bond donors (Lipinski definition) is 1. The van der Waals surface area contributed by atoms with E-state index in [0.29, 0.717) is 28.5 Å². The Morgan fingerprint density at radius 2 is 1.72 bits per heavy atom. The van der Waals surface area contributed by atoms with Crippen LogP contribution >= 0.6 is 0 Å². The van der Waals surface area contributed by atoms with Crippen molar-refractivity contribution >= 4 is 11.7 Å². The number of carbonyl (C=O) groups is 1. The van der Waals surface area contributed by atoms with E-state index in [2.05, 4.69) is 5.32 Å². The van der Waals surface area contributed by atoms with E-state index in [9.17, 15) is 9.18 Å². The number of nitrogens with one attached hydrogen (secondary N) is 1. The molecule has 2 amide bonds. The molecule has 0 spiro atoms. The van der Waals surface area contributed by atoms with Crippen molar-refractivity contribution in [3.05, 3.63) is 47.8 Å². The summed E-state index contributed by atoms with van der Waals surface area (Å²) in [5.41, 5.74) is 1.19. The number of rotatable bonds is 6. The smallest absolute Gasteiger partial charge is 0.321 e. The van der Waals surface area contributed by atoms with Gasteiger partial charge in [-0.05, 0) is 17.7 Å². The van der Waals surface area contributed by atoms with Crippen LogP contribution in [0.3, 0.4) is 0 Å². The van der Waals surface area contributed by atoms with Gasteiger partial charge in [0.05, 0.1) is 27.0 Å². The van der Waals surface area contributed by atoms with Gasteiger partial charge < -0.3 is 24.4 Å². The largest absolute Gasteiger partial charge is 0.493 e. The standard InChI is InChI=1S/C18H21FN2O4/c1-21(11-12-6-5-7-13(19)8-12)18(22)20-14-9-15(23-2)17(25-4)16(10-14)24-3/h5-10H,11H2,1-4H3,(H,20,22). The summed E-state index contributed by atoms with van der Waals surface area (Å²) in [6.45, 7) is 0.272. The highest BCUT2D eigenvalue weighted by molar-refractivity contribution is 5.90. The molecular weight excluding hydrogens is 327 g/mol. The SMILES string of the molecule is COc1cc(NC(=O)N(C)Cc2cccc(F)c2)cc(OC)c1OC. The molecule has 1 N–H and O–H groups in total. The second-order valence-corrected chi connectivity index (χ2v) is 5.33. The van der Waals surface area contributed by atoms with Crippen molar-refractivity contribution in [2.75, 3.05) is 33.7 Å². The molecule has 0 atom stereocenters. The maximum atomic E-state index is 13.2. The Hall–Kier alpha value is -2.96. The molecule has 0 heterocycles. The Balaban J connectivity index is 2.14. The number of ether oxygens (including phenoxy) is 3. The molecule has 0 fully saturated rings. The Kier molecular flexibility index (Phi) is 6.05. The van der Waals surface area contributed by atoms with Crippen LogP contribution < -0.4 is 19.5 Å². The summed E-state index contributed by atoms with van der Waals surface area (Å²) < 4.78 is 29.0. The summed E-state index contributed by atoms with van der Waals surface area (Å²) in [6, 6.07) is 9.04. The van der Waals surface area contributed by atoms with Gasteiger partial charge in [0, 0.05) is 25.7 Å². The van der Waals surface area contributed by atoms with Crippen LogP contribution in [0.2, 0.25) is 0 Å². The molecule has 0 aliphatic rings. The third-order valence-corrected chi connectivity index (χ3v) is 3.57. The number of nitrogens with zero attached hydrogens (tertiary/aromatic N) is 1. The first-order chi connectivity index (χ1) is 12.0. The lowest BCUT2D eigenvalue weighted by atomic mass is 10.2. The van der Waals surface area contributed by atoms with Gasteiger partial charge in [0.15, 0.2) is 11.5 Å². The van der Waals surface area contributed by atoms with Crippen LogP contribution in [0, 0.1) is 5.82 Å². The van der Waals surface area contributed by atoms with E-state index < -0.39 is 0 Å². The monoisotopic (exact) mass is 348 g/mol. The molecule has 0 aromatic heterocycles. The van der Waals surface area contributed by atoms with Gasteiger partial charge in [0.25, 0.3) is 0 Å².